The molecule has 4 nitrogen and oxygen atoms in total. The van der Waals surface area contributed by atoms with E-state index in [0.717, 1.165) is 32.0 Å². The van der Waals surface area contributed by atoms with Crippen LogP contribution in [0.4, 0.5) is 5.95 Å². The molecular weight excluding hydrogens is 200 g/mol. The number of nitrogens with zero attached hydrogens (tertiary/aromatic N) is 3. The van der Waals surface area contributed by atoms with Gasteiger partial charge in [-0.2, -0.15) is 0 Å². The first kappa shape index (κ1) is 11.5. The highest BCUT2D eigenvalue weighted by atomic mass is 15.3. The molecule has 1 fully saturated rings. The molecule has 0 aliphatic carbocycles. The molecular formula is C12H22N4. The molecule has 1 aromatic rings. The van der Waals surface area contributed by atoms with Gasteiger partial charge in [0.2, 0.25) is 5.95 Å². The molecule has 1 atom stereocenters. The van der Waals surface area contributed by atoms with Crippen molar-refractivity contribution < 1.29 is 0 Å². The van der Waals surface area contributed by atoms with Crippen molar-refractivity contribution in [1.82, 2.24) is 14.9 Å². The zero-order valence-corrected chi connectivity index (χ0v) is 10.5. The van der Waals surface area contributed by atoms with Crippen LogP contribution >= 0.6 is 0 Å². The average Bonchev–Trinajstić information content (AvgIpc) is 2.94. The van der Waals surface area contributed by atoms with Gasteiger partial charge >= 0.3 is 0 Å². The molecule has 0 amide bonds. The lowest BCUT2D eigenvalue weighted by atomic mass is 10.3. The van der Waals surface area contributed by atoms with Crippen molar-refractivity contribution in [2.75, 3.05) is 25.0 Å². The van der Waals surface area contributed by atoms with E-state index in [0.29, 0.717) is 6.04 Å². The van der Waals surface area contributed by atoms with E-state index in [2.05, 4.69) is 34.8 Å². The molecule has 0 bridgehead atoms. The van der Waals surface area contributed by atoms with E-state index in [9.17, 15) is 0 Å². The van der Waals surface area contributed by atoms with Crippen LogP contribution in [0.2, 0.25) is 0 Å². The summed E-state index contributed by atoms with van der Waals surface area (Å²) in [5.41, 5.74) is 1.20. The molecule has 1 aliphatic rings. The average molecular weight is 222 g/mol. The molecule has 16 heavy (non-hydrogen) atoms. The minimum absolute atomic E-state index is 0.618. The number of nitrogens with one attached hydrogen (secondary N) is 1. The Morgan fingerprint density at radius 1 is 1.50 bits per heavy atom. The second-order valence-corrected chi connectivity index (χ2v) is 4.39. The van der Waals surface area contributed by atoms with Gasteiger partial charge in [-0.25, -0.2) is 4.98 Å². The molecule has 1 aromatic heterocycles. The first-order valence-electron chi connectivity index (χ1n) is 6.26. The van der Waals surface area contributed by atoms with Gasteiger partial charge in [-0.15, -0.1) is 0 Å². The number of anilines is 1. The van der Waals surface area contributed by atoms with Crippen molar-refractivity contribution in [1.29, 1.82) is 0 Å². The highest BCUT2D eigenvalue weighted by molar-refractivity contribution is 5.35. The maximum Gasteiger partial charge on any atom is 0.205 e. The van der Waals surface area contributed by atoms with Crippen molar-refractivity contribution in [3.63, 3.8) is 0 Å². The van der Waals surface area contributed by atoms with Crippen molar-refractivity contribution in [2.24, 2.45) is 0 Å². The maximum atomic E-state index is 4.71. The van der Waals surface area contributed by atoms with Gasteiger partial charge in [0.1, 0.15) is 0 Å². The molecule has 2 heterocycles. The van der Waals surface area contributed by atoms with Crippen molar-refractivity contribution >= 4 is 5.95 Å². The summed E-state index contributed by atoms with van der Waals surface area (Å²) in [7, 11) is 2.04. The molecule has 0 saturated carbocycles. The van der Waals surface area contributed by atoms with E-state index in [1.54, 1.807) is 0 Å². The summed E-state index contributed by atoms with van der Waals surface area (Å²) in [6, 6.07) is 0.618. The standard InChI is InChI=1S/C12H22N4/c1-4-10-8-15(5-2)12(14-10)16-7-6-11(9-16)13-3/h8,11,13H,4-7,9H2,1-3H3. The SMILES string of the molecule is CCc1cn(CC)c(N2CCC(NC)C2)n1. The van der Waals surface area contributed by atoms with E-state index >= 15 is 0 Å². The Kier molecular flexibility index (Phi) is 3.49. The van der Waals surface area contributed by atoms with Gasteiger partial charge < -0.3 is 14.8 Å². The largest absolute Gasteiger partial charge is 0.341 e. The minimum atomic E-state index is 0.618. The minimum Gasteiger partial charge on any atom is -0.341 e. The lowest BCUT2D eigenvalue weighted by molar-refractivity contribution is 0.614. The number of aromatic nitrogens is 2. The molecule has 1 aliphatic heterocycles. The lowest BCUT2D eigenvalue weighted by Crippen LogP contribution is -2.30. The molecule has 1 N–H and O–H groups in total. The Bertz CT molecular complexity index is 345. The number of aryl methyl sites for hydroxylation is 2. The summed E-state index contributed by atoms with van der Waals surface area (Å²) in [5, 5.41) is 3.34. The Labute approximate surface area is 97.7 Å². The number of likely N-dealkylation sites (N-methyl/N-ethyl adjacent to an activating group) is 1. The maximum absolute atomic E-state index is 4.71. The molecule has 1 unspecified atom stereocenters. The van der Waals surface area contributed by atoms with Crippen LogP contribution in [0.5, 0.6) is 0 Å². The van der Waals surface area contributed by atoms with Gasteiger partial charge in [-0.05, 0) is 26.8 Å². The first-order valence-corrected chi connectivity index (χ1v) is 6.26. The zero-order valence-electron chi connectivity index (χ0n) is 10.5. The van der Waals surface area contributed by atoms with E-state index < -0.39 is 0 Å². The van der Waals surface area contributed by atoms with Crippen molar-refractivity contribution in [3.05, 3.63) is 11.9 Å². The summed E-state index contributed by atoms with van der Waals surface area (Å²) >= 11 is 0. The molecule has 0 aromatic carbocycles. The fraction of sp³-hybridized carbons (Fsp3) is 0.750. The topological polar surface area (TPSA) is 33.1 Å². The van der Waals surface area contributed by atoms with E-state index in [-0.39, 0.29) is 0 Å². The number of rotatable bonds is 4. The van der Waals surface area contributed by atoms with E-state index in [4.69, 9.17) is 4.98 Å². The summed E-state index contributed by atoms with van der Waals surface area (Å²) in [4.78, 5) is 7.10. The van der Waals surface area contributed by atoms with Crippen molar-refractivity contribution in [2.45, 2.75) is 39.3 Å². The second kappa shape index (κ2) is 4.87. The number of hydrogen-bond donors (Lipinski definition) is 1. The van der Waals surface area contributed by atoms with Gasteiger partial charge in [-0.1, -0.05) is 6.92 Å². The molecule has 1 saturated heterocycles. The van der Waals surface area contributed by atoms with Crippen LogP contribution in [0, 0.1) is 0 Å². The van der Waals surface area contributed by atoms with Gasteiger partial charge in [0.15, 0.2) is 0 Å². The molecule has 4 heteroatoms. The fourth-order valence-corrected chi connectivity index (χ4v) is 2.29. The van der Waals surface area contributed by atoms with E-state index in [1.165, 1.54) is 12.1 Å². The third kappa shape index (κ3) is 2.07. The number of hydrogen-bond acceptors (Lipinski definition) is 3. The molecule has 0 spiro atoms. The zero-order chi connectivity index (χ0) is 11.5. The lowest BCUT2D eigenvalue weighted by Gasteiger charge is -2.18. The Balaban J connectivity index is 2.16. The monoisotopic (exact) mass is 222 g/mol. The quantitative estimate of drug-likeness (QED) is 0.832. The molecule has 90 valence electrons. The molecule has 0 radical (unpaired) electrons. The van der Waals surface area contributed by atoms with Crippen LogP contribution in [-0.4, -0.2) is 35.7 Å². The fourth-order valence-electron chi connectivity index (χ4n) is 2.29. The third-order valence-electron chi connectivity index (χ3n) is 3.39. The van der Waals surface area contributed by atoms with Crippen LogP contribution in [0.3, 0.4) is 0 Å². The summed E-state index contributed by atoms with van der Waals surface area (Å²) in [6.45, 7) is 7.54. The van der Waals surface area contributed by atoms with Gasteiger partial charge in [-0.3, -0.25) is 0 Å². The van der Waals surface area contributed by atoms with Crippen LogP contribution in [0.15, 0.2) is 6.20 Å². The predicted molar refractivity (Wildman–Crippen MR) is 67.0 cm³/mol. The predicted octanol–water partition coefficient (Wildman–Crippen LogP) is 1.26. The van der Waals surface area contributed by atoms with Gasteiger partial charge in [0, 0.05) is 31.9 Å². The second-order valence-electron chi connectivity index (χ2n) is 4.39. The molecule has 2 rings (SSSR count). The highest BCUT2D eigenvalue weighted by Crippen LogP contribution is 2.20. The Morgan fingerprint density at radius 2 is 2.31 bits per heavy atom. The third-order valence-corrected chi connectivity index (χ3v) is 3.39. The van der Waals surface area contributed by atoms with Gasteiger partial charge in [0.05, 0.1) is 5.69 Å². The van der Waals surface area contributed by atoms with Crippen molar-refractivity contribution in [3.8, 4) is 0 Å². The Morgan fingerprint density at radius 3 is 2.88 bits per heavy atom. The Hall–Kier alpha value is -1.03. The van der Waals surface area contributed by atoms with Gasteiger partial charge in [0.25, 0.3) is 0 Å². The highest BCUT2D eigenvalue weighted by Gasteiger charge is 2.24. The normalized spacial score (nSPS) is 20.7. The first-order chi connectivity index (χ1) is 7.78. The van der Waals surface area contributed by atoms with E-state index in [1.807, 2.05) is 7.05 Å². The smallest absolute Gasteiger partial charge is 0.205 e. The van der Waals surface area contributed by atoms with Crippen LogP contribution < -0.4 is 10.2 Å². The van der Waals surface area contributed by atoms with Crippen LogP contribution in [0.1, 0.15) is 26.0 Å². The number of imidazole rings is 1. The van der Waals surface area contributed by atoms with Crippen LogP contribution in [0.25, 0.3) is 0 Å². The summed E-state index contributed by atoms with van der Waals surface area (Å²) < 4.78 is 2.26. The van der Waals surface area contributed by atoms with Crippen LogP contribution in [-0.2, 0) is 13.0 Å². The summed E-state index contributed by atoms with van der Waals surface area (Å²) in [5.74, 6) is 1.15. The summed E-state index contributed by atoms with van der Waals surface area (Å²) in [6.07, 6.45) is 4.42.